The van der Waals surface area contributed by atoms with Crippen LogP contribution in [0.5, 0.6) is 0 Å². The second kappa shape index (κ2) is 11.2. The molecule has 0 aromatic heterocycles. The predicted octanol–water partition coefficient (Wildman–Crippen LogP) is 6.44. The predicted molar refractivity (Wildman–Crippen MR) is 122 cm³/mol. The summed E-state index contributed by atoms with van der Waals surface area (Å²) in [5.74, 6) is 1.44. The van der Waals surface area contributed by atoms with Crippen molar-refractivity contribution in [3.05, 3.63) is 58.0 Å². The first-order chi connectivity index (χ1) is 13.5. The normalized spacial score (nSPS) is 21.9. The summed E-state index contributed by atoms with van der Waals surface area (Å²) in [6.45, 7) is 9.14. The molecule has 1 N–H and O–H groups in total. The summed E-state index contributed by atoms with van der Waals surface area (Å²) in [6, 6.07) is 0. The number of hydrogen-bond acceptors (Lipinski definition) is 4. The van der Waals surface area contributed by atoms with Crippen LogP contribution in [0, 0.1) is 11.3 Å². The fourth-order valence-corrected chi connectivity index (χ4v) is 4.07. The maximum absolute atomic E-state index is 13.1. The van der Waals surface area contributed by atoms with E-state index in [1.165, 1.54) is 12.6 Å². The van der Waals surface area contributed by atoms with E-state index in [0.29, 0.717) is 24.6 Å². The minimum absolute atomic E-state index is 0.341. The molecular weight excluding hydrogens is 369 g/mol. The van der Waals surface area contributed by atoms with Gasteiger partial charge in [-0.3, -0.25) is 4.99 Å². The zero-order chi connectivity index (χ0) is 20.5. The van der Waals surface area contributed by atoms with Gasteiger partial charge >= 0.3 is 0 Å². The number of thioether (sulfide) groups is 1. The Hall–Kier alpha value is -1.88. The van der Waals surface area contributed by atoms with E-state index in [1.807, 2.05) is 19.9 Å². The van der Waals surface area contributed by atoms with Gasteiger partial charge in [-0.1, -0.05) is 49.1 Å². The van der Waals surface area contributed by atoms with E-state index < -0.39 is 6.17 Å². The first-order valence-electron chi connectivity index (χ1n) is 10.1. The monoisotopic (exact) mass is 401 g/mol. The van der Waals surface area contributed by atoms with Crippen LogP contribution >= 0.6 is 11.8 Å². The van der Waals surface area contributed by atoms with Crippen LogP contribution < -0.4 is 0 Å². The van der Waals surface area contributed by atoms with Gasteiger partial charge in [-0.15, -0.1) is 0 Å². The van der Waals surface area contributed by atoms with Crippen LogP contribution in [0.4, 0.5) is 4.39 Å². The molecule has 0 amide bonds. The molecule has 28 heavy (non-hydrogen) atoms. The molecule has 2 heterocycles. The van der Waals surface area contributed by atoms with Crippen LogP contribution in [-0.2, 0) is 0 Å². The number of amidine groups is 1. The van der Waals surface area contributed by atoms with Crippen molar-refractivity contribution in [2.24, 2.45) is 10.9 Å². The van der Waals surface area contributed by atoms with Gasteiger partial charge in [-0.05, 0) is 51.5 Å². The first-order valence-corrected chi connectivity index (χ1v) is 10.9. The molecule has 0 radical (unpaired) electrons. The number of nitrogens with one attached hydrogen (secondary N) is 1. The van der Waals surface area contributed by atoms with Crippen LogP contribution in [-0.4, -0.2) is 35.7 Å². The Morgan fingerprint density at radius 3 is 2.82 bits per heavy atom. The molecule has 152 valence electrons. The average Bonchev–Trinajstić information content (AvgIpc) is 3.10. The van der Waals surface area contributed by atoms with E-state index in [1.54, 1.807) is 23.9 Å². The summed E-state index contributed by atoms with van der Waals surface area (Å²) in [5.41, 5.74) is 2.61. The Labute approximate surface area is 173 Å². The first kappa shape index (κ1) is 22.4. The van der Waals surface area contributed by atoms with Gasteiger partial charge in [-0.2, -0.15) is 0 Å². The van der Waals surface area contributed by atoms with Crippen molar-refractivity contribution in [2.75, 3.05) is 13.1 Å². The smallest absolute Gasteiger partial charge is 0.142 e. The summed E-state index contributed by atoms with van der Waals surface area (Å²) in [6.07, 6.45) is 13.5. The highest BCUT2D eigenvalue weighted by Gasteiger charge is 2.34. The molecule has 2 unspecified atom stereocenters. The third kappa shape index (κ3) is 5.81. The largest absolute Gasteiger partial charge is 0.328 e. The molecule has 2 rings (SSSR count). The van der Waals surface area contributed by atoms with Crippen LogP contribution in [0.3, 0.4) is 0 Å². The van der Waals surface area contributed by atoms with Gasteiger partial charge in [0.25, 0.3) is 0 Å². The van der Waals surface area contributed by atoms with Crippen LogP contribution in [0.1, 0.15) is 47.0 Å². The number of aliphatic imine (C=N–C) groups is 1. The molecule has 0 spiro atoms. The second-order valence-electron chi connectivity index (χ2n) is 7.05. The fourth-order valence-electron chi connectivity index (χ4n) is 3.37. The summed E-state index contributed by atoms with van der Waals surface area (Å²) in [4.78, 5) is 8.27. The van der Waals surface area contributed by atoms with Gasteiger partial charge in [-0.25, -0.2) is 4.39 Å². The molecule has 1 saturated heterocycles. The summed E-state index contributed by atoms with van der Waals surface area (Å²) in [5, 5.41) is 10.6. The van der Waals surface area contributed by atoms with Gasteiger partial charge in [0.2, 0.25) is 0 Å². The number of nitrogens with zero attached hydrogens (tertiary/aromatic N) is 2. The molecule has 2 aliphatic rings. The lowest BCUT2D eigenvalue weighted by molar-refractivity contribution is 0.365. The van der Waals surface area contributed by atoms with E-state index >= 15 is 0 Å². The van der Waals surface area contributed by atoms with Crippen LogP contribution in [0.25, 0.3) is 0 Å². The van der Waals surface area contributed by atoms with Crippen molar-refractivity contribution in [1.82, 2.24) is 4.90 Å². The lowest BCUT2D eigenvalue weighted by atomic mass is 10.0. The Balaban J connectivity index is 2.31. The molecule has 0 bridgehead atoms. The van der Waals surface area contributed by atoms with Gasteiger partial charge < -0.3 is 10.3 Å². The lowest BCUT2D eigenvalue weighted by Crippen LogP contribution is -2.33. The molecule has 0 aromatic carbocycles. The van der Waals surface area contributed by atoms with E-state index in [-0.39, 0.29) is 0 Å². The molecular formula is C23H32FN3S. The van der Waals surface area contributed by atoms with Crippen molar-refractivity contribution in [1.29, 1.82) is 5.41 Å². The van der Waals surface area contributed by atoms with E-state index in [0.717, 1.165) is 35.7 Å². The lowest BCUT2D eigenvalue weighted by Gasteiger charge is -2.29. The topological polar surface area (TPSA) is 39.5 Å². The molecule has 1 fully saturated rings. The molecule has 0 aromatic rings. The molecule has 2 atom stereocenters. The second-order valence-corrected chi connectivity index (χ2v) is 8.00. The number of halogens is 1. The average molecular weight is 402 g/mol. The summed E-state index contributed by atoms with van der Waals surface area (Å²) >= 11 is 1.68. The zero-order valence-electron chi connectivity index (χ0n) is 17.4. The van der Waals surface area contributed by atoms with Crippen LogP contribution in [0.2, 0.25) is 0 Å². The zero-order valence-corrected chi connectivity index (χ0v) is 18.2. The Bertz CT molecular complexity index is 741. The van der Waals surface area contributed by atoms with E-state index in [9.17, 15) is 4.39 Å². The Kier molecular flexibility index (Phi) is 8.97. The highest BCUT2D eigenvalue weighted by Crippen LogP contribution is 2.37. The highest BCUT2D eigenvalue weighted by molar-refractivity contribution is 8.06. The van der Waals surface area contributed by atoms with E-state index in [2.05, 4.69) is 35.5 Å². The number of allylic oxidation sites excluding steroid dienone is 6. The third-order valence-corrected chi connectivity index (χ3v) is 5.80. The minimum Gasteiger partial charge on any atom is -0.328 e. The molecule has 3 nitrogen and oxygen atoms in total. The van der Waals surface area contributed by atoms with Crippen molar-refractivity contribution >= 4 is 23.3 Å². The number of fused-ring (bicyclic) bond motifs is 1. The SMILES string of the molecule is C/C=C\S/C(=C/C)C1=NCC(C(=N)/C=C\CC(C)F)=C2CC(/C=C/CC)CN12. The van der Waals surface area contributed by atoms with Gasteiger partial charge in [0.1, 0.15) is 12.0 Å². The van der Waals surface area contributed by atoms with Gasteiger partial charge in [0, 0.05) is 28.6 Å². The molecule has 0 saturated carbocycles. The van der Waals surface area contributed by atoms with Gasteiger partial charge in [0.15, 0.2) is 0 Å². The maximum atomic E-state index is 13.1. The standard InChI is InChI=1S/C23H32FN3S/c1-5-8-11-18-14-21-19(20(25)12-9-10-17(4)24)15-26-23(27(21)16-18)22(7-3)28-13-6-2/h6-9,11-13,17-18,25H,5,10,14-16H2,1-4H3/b11-8+,12-9-,13-6-,22-7+,25-20?. The fraction of sp³-hybridized carbons (Fsp3) is 0.478. The van der Waals surface area contributed by atoms with Gasteiger partial charge in [0.05, 0.1) is 12.3 Å². The number of rotatable bonds is 9. The molecule has 0 aliphatic carbocycles. The Morgan fingerprint density at radius 2 is 2.18 bits per heavy atom. The minimum atomic E-state index is -0.884. The Morgan fingerprint density at radius 1 is 1.39 bits per heavy atom. The number of alkyl halides is 1. The van der Waals surface area contributed by atoms with Crippen molar-refractivity contribution < 1.29 is 4.39 Å². The van der Waals surface area contributed by atoms with Crippen molar-refractivity contribution in [3.63, 3.8) is 0 Å². The summed E-state index contributed by atoms with van der Waals surface area (Å²) in [7, 11) is 0. The molecule has 2 aliphatic heterocycles. The quantitative estimate of drug-likeness (QED) is 0.357. The van der Waals surface area contributed by atoms with Crippen molar-refractivity contribution in [3.8, 4) is 0 Å². The third-order valence-electron chi connectivity index (χ3n) is 4.72. The van der Waals surface area contributed by atoms with Crippen LogP contribution in [0.15, 0.2) is 63.0 Å². The summed E-state index contributed by atoms with van der Waals surface area (Å²) < 4.78 is 13.1. The van der Waals surface area contributed by atoms with Crippen molar-refractivity contribution in [2.45, 2.75) is 53.1 Å². The molecule has 5 heteroatoms. The number of hydrogen-bond donors (Lipinski definition) is 1. The maximum Gasteiger partial charge on any atom is 0.142 e. The van der Waals surface area contributed by atoms with E-state index in [4.69, 9.17) is 10.4 Å². The highest BCUT2D eigenvalue weighted by atomic mass is 32.2.